The molecule has 0 spiro atoms. The SMILES string of the molecule is CCCCCN(CCC1CCCC1(C#N)NC)C(C)C. The quantitative estimate of drug-likeness (QED) is 0.656. The molecule has 1 aliphatic rings. The highest BCUT2D eigenvalue weighted by molar-refractivity contribution is 5.13. The Hall–Kier alpha value is -0.590. The van der Waals surface area contributed by atoms with E-state index in [2.05, 4.69) is 37.1 Å². The van der Waals surface area contributed by atoms with E-state index in [1.807, 2.05) is 7.05 Å². The van der Waals surface area contributed by atoms with Gasteiger partial charge in [-0.2, -0.15) is 5.26 Å². The van der Waals surface area contributed by atoms with Crippen LogP contribution < -0.4 is 5.32 Å². The molecule has 0 aliphatic heterocycles. The number of hydrogen-bond acceptors (Lipinski definition) is 3. The maximum atomic E-state index is 9.51. The number of hydrogen-bond donors (Lipinski definition) is 1. The third-order valence-corrected chi connectivity index (χ3v) is 5.01. The highest BCUT2D eigenvalue weighted by Gasteiger charge is 2.41. The standard InChI is InChI=1S/C17H33N3/c1-5-6-7-12-20(15(2)3)13-10-16-9-8-11-17(16,14-18)19-4/h15-16,19H,5-13H2,1-4H3. The van der Waals surface area contributed by atoms with Gasteiger partial charge in [0.2, 0.25) is 0 Å². The molecule has 0 radical (unpaired) electrons. The number of nitriles is 1. The Balaban J connectivity index is 2.48. The molecule has 1 fully saturated rings. The first-order valence-electron chi connectivity index (χ1n) is 8.43. The van der Waals surface area contributed by atoms with Crippen molar-refractivity contribution in [1.82, 2.24) is 10.2 Å². The van der Waals surface area contributed by atoms with E-state index >= 15 is 0 Å². The molecule has 1 saturated carbocycles. The molecule has 3 heteroatoms. The summed E-state index contributed by atoms with van der Waals surface area (Å²) in [5.74, 6) is 0.518. The Kier molecular flexibility index (Phi) is 7.55. The molecule has 1 aliphatic carbocycles. The van der Waals surface area contributed by atoms with Gasteiger partial charge in [-0.1, -0.05) is 26.2 Å². The van der Waals surface area contributed by atoms with Crippen molar-refractivity contribution in [3.8, 4) is 6.07 Å². The summed E-state index contributed by atoms with van der Waals surface area (Å²) in [5, 5.41) is 12.8. The third-order valence-electron chi connectivity index (χ3n) is 5.01. The Labute approximate surface area is 125 Å². The van der Waals surface area contributed by atoms with Crippen LogP contribution >= 0.6 is 0 Å². The molecule has 0 aromatic heterocycles. The van der Waals surface area contributed by atoms with Crippen LogP contribution in [0.5, 0.6) is 0 Å². The average molecular weight is 279 g/mol. The minimum absolute atomic E-state index is 0.258. The molecule has 0 aromatic rings. The van der Waals surface area contributed by atoms with Crippen LogP contribution in [0.25, 0.3) is 0 Å². The van der Waals surface area contributed by atoms with Crippen molar-refractivity contribution in [3.05, 3.63) is 0 Å². The van der Waals surface area contributed by atoms with Crippen LogP contribution in [-0.2, 0) is 0 Å². The van der Waals surface area contributed by atoms with Crippen LogP contribution in [0.1, 0.15) is 65.7 Å². The first-order valence-corrected chi connectivity index (χ1v) is 8.43. The van der Waals surface area contributed by atoms with Crippen LogP contribution in [0.2, 0.25) is 0 Å². The maximum Gasteiger partial charge on any atom is 0.109 e. The van der Waals surface area contributed by atoms with Crippen molar-refractivity contribution < 1.29 is 0 Å². The van der Waals surface area contributed by atoms with Crippen molar-refractivity contribution in [2.24, 2.45) is 5.92 Å². The van der Waals surface area contributed by atoms with E-state index in [4.69, 9.17) is 0 Å². The molecule has 0 saturated heterocycles. The van der Waals surface area contributed by atoms with Crippen molar-refractivity contribution in [2.45, 2.75) is 77.3 Å². The molecule has 0 bridgehead atoms. The highest BCUT2D eigenvalue weighted by atomic mass is 15.1. The van der Waals surface area contributed by atoms with Crippen molar-refractivity contribution in [3.63, 3.8) is 0 Å². The molecule has 1 rings (SSSR count). The van der Waals surface area contributed by atoms with Crippen LogP contribution in [0, 0.1) is 17.2 Å². The Morgan fingerprint density at radius 2 is 2.10 bits per heavy atom. The van der Waals surface area contributed by atoms with E-state index in [9.17, 15) is 5.26 Å². The smallest absolute Gasteiger partial charge is 0.109 e. The van der Waals surface area contributed by atoms with Crippen molar-refractivity contribution in [2.75, 3.05) is 20.1 Å². The fourth-order valence-corrected chi connectivity index (χ4v) is 3.52. The lowest BCUT2D eigenvalue weighted by atomic mass is 9.86. The molecule has 0 amide bonds. The monoisotopic (exact) mass is 279 g/mol. The van der Waals surface area contributed by atoms with Gasteiger partial charge in [-0.15, -0.1) is 0 Å². The van der Waals surface area contributed by atoms with Gasteiger partial charge >= 0.3 is 0 Å². The summed E-state index contributed by atoms with van der Waals surface area (Å²) >= 11 is 0. The third kappa shape index (κ3) is 4.46. The number of nitrogens with one attached hydrogen (secondary N) is 1. The van der Waals surface area contributed by atoms with Gasteiger partial charge in [-0.25, -0.2) is 0 Å². The molecular formula is C17H33N3. The van der Waals surface area contributed by atoms with E-state index in [0.717, 1.165) is 19.4 Å². The molecule has 1 N–H and O–H groups in total. The first-order chi connectivity index (χ1) is 9.59. The fourth-order valence-electron chi connectivity index (χ4n) is 3.52. The van der Waals surface area contributed by atoms with Crippen LogP contribution in [0.3, 0.4) is 0 Å². The van der Waals surface area contributed by atoms with Gasteiger partial charge in [-0.3, -0.25) is 0 Å². The Bertz CT molecular complexity index is 308. The maximum absolute atomic E-state index is 9.51. The first kappa shape index (κ1) is 17.5. The second-order valence-corrected chi connectivity index (χ2v) is 6.55. The van der Waals surface area contributed by atoms with Crippen molar-refractivity contribution >= 4 is 0 Å². The predicted molar refractivity (Wildman–Crippen MR) is 85.6 cm³/mol. The second kappa shape index (κ2) is 8.64. The predicted octanol–water partition coefficient (Wildman–Crippen LogP) is 3.56. The summed E-state index contributed by atoms with van der Waals surface area (Å²) < 4.78 is 0. The molecule has 20 heavy (non-hydrogen) atoms. The van der Waals surface area contributed by atoms with Crippen LogP contribution in [0.15, 0.2) is 0 Å². The minimum atomic E-state index is -0.258. The van der Waals surface area contributed by atoms with Gasteiger partial charge in [0.05, 0.1) is 6.07 Å². The minimum Gasteiger partial charge on any atom is -0.302 e. The number of rotatable bonds is 9. The van der Waals surface area contributed by atoms with E-state index in [1.165, 1.54) is 38.6 Å². The van der Waals surface area contributed by atoms with Crippen LogP contribution in [0.4, 0.5) is 0 Å². The summed E-state index contributed by atoms with van der Waals surface area (Å²) in [5.41, 5.74) is -0.258. The molecule has 2 unspecified atom stereocenters. The summed E-state index contributed by atoms with van der Waals surface area (Å²) in [4.78, 5) is 2.59. The second-order valence-electron chi connectivity index (χ2n) is 6.55. The Morgan fingerprint density at radius 3 is 2.65 bits per heavy atom. The lowest BCUT2D eigenvalue weighted by Gasteiger charge is -2.32. The zero-order valence-corrected chi connectivity index (χ0v) is 13.9. The van der Waals surface area contributed by atoms with Crippen molar-refractivity contribution in [1.29, 1.82) is 5.26 Å². The fraction of sp³-hybridized carbons (Fsp3) is 0.941. The molecule has 116 valence electrons. The van der Waals surface area contributed by atoms with E-state index in [1.54, 1.807) is 0 Å². The number of nitrogens with zero attached hydrogens (tertiary/aromatic N) is 2. The average Bonchev–Trinajstić information content (AvgIpc) is 2.85. The number of unbranched alkanes of at least 4 members (excludes halogenated alkanes) is 2. The summed E-state index contributed by atoms with van der Waals surface area (Å²) in [7, 11) is 1.95. The van der Waals surface area contributed by atoms with E-state index in [-0.39, 0.29) is 5.54 Å². The summed E-state index contributed by atoms with van der Waals surface area (Å²) in [6.07, 6.45) is 8.47. The van der Waals surface area contributed by atoms with E-state index in [0.29, 0.717) is 12.0 Å². The normalized spacial score (nSPS) is 26.4. The largest absolute Gasteiger partial charge is 0.302 e. The summed E-state index contributed by atoms with van der Waals surface area (Å²) in [6, 6.07) is 3.16. The lowest BCUT2D eigenvalue weighted by molar-refractivity contribution is 0.187. The lowest BCUT2D eigenvalue weighted by Crippen LogP contribution is -2.46. The zero-order chi connectivity index (χ0) is 15.0. The molecule has 3 nitrogen and oxygen atoms in total. The van der Waals surface area contributed by atoms with Gasteiger partial charge in [0.1, 0.15) is 5.54 Å². The molecular weight excluding hydrogens is 246 g/mol. The topological polar surface area (TPSA) is 39.1 Å². The summed E-state index contributed by atoms with van der Waals surface area (Å²) in [6.45, 7) is 9.17. The molecule has 2 atom stereocenters. The van der Waals surface area contributed by atoms with E-state index < -0.39 is 0 Å². The van der Waals surface area contributed by atoms with Gasteiger partial charge in [0.25, 0.3) is 0 Å². The molecule has 0 aromatic carbocycles. The van der Waals surface area contributed by atoms with Gasteiger partial charge in [0.15, 0.2) is 0 Å². The van der Waals surface area contributed by atoms with Gasteiger partial charge in [-0.05, 0) is 65.6 Å². The molecule has 0 heterocycles. The zero-order valence-electron chi connectivity index (χ0n) is 13.9. The van der Waals surface area contributed by atoms with Gasteiger partial charge < -0.3 is 10.2 Å². The highest BCUT2D eigenvalue weighted by Crippen LogP contribution is 2.37. The Morgan fingerprint density at radius 1 is 1.35 bits per heavy atom. The van der Waals surface area contributed by atoms with Crippen LogP contribution in [-0.4, -0.2) is 36.6 Å². The van der Waals surface area contributed by atoms with Gasteiger partial charge in [0, 0.05) is 6.04 Å².